The monoisotopic (exact) mass is 352 g/mol. The number of amides is 1. The van der Waals surface area contributed by atoms with Gasteiger partial charge in [-0.05, 0) is 36.4 Å². The van der Waals surface area contributed by atoms with Crippen molar-refractivity contribution in [3.63, 3.8) is 0 Å². The molecule has 5 nitrogen and oxygen atoms in total. The number of hydrogen-bond donors (Lipinski definition) is 2. The van der Waals surface area contributed by atoms with Crippen molar-refractivity contribution in [1.82, 2.24) is 4.98 Å². The molecule has 6 heteroatoms. The van der Waals surface area contributed by atoms with Gasteiger partial charge in [-0.25, -0.2) is 4.79 Å². The highest BCUT2D eigenvalue weighted by Gasteiger charge is 2.07. The van der Waals surface area contributed by atoms with E-state index in [9.17, 15) is 4.79 Å². The number of thiol groups is 1. The summed E-state index contributed by atoms with van der Waals surface area (Å²) in [6.45, 7) is 0. The predicted octanol–water partition coefficient (Wildman–Crippen LogP) is 4.91. The molecule has 3 aromatic rings. The van der Waals surface area contributed by atoms with Crippen LogP contribution in [0.15, 0.2) is 72.9 Å². The Morgan fingerprint density at radius 1 is 0.960 bits per heavy atom. The predicted molar refractivity (Wildman–Crippen MR) is 99.5 cm³/mol. The summed E-state index contributed by atoms with van der Waals surface area (Å²) >= 11 is 4.13. The topological polar surface area (TPSA) is 60.5 Å². The summed E-state index contributed by atoms with van der Waals surface area (Å²) in [5, 5.41) is 2.66. The minimum Gasteiger partial charge on any atom is -0.457 e. The number of rotatable bonds is 5. The molecule has 1 heterocycles. The average Bonchev–Trinajstić information content (AvgIpc) is 2.63. The average molecular weight is 352 g/mol. The zero-order valence-electron chi connectivity index (χ0n) is 13.3. The van der Waals surface area contributed by atoms with Crippen molar-refractivity contribution in [3.05, 3.63) is 78.6 Å². The highest BCUT2D eigenvalue weighted by molar-refractivity contribution is 7.79. The Hall–Kier alpha value is -2.99. The number of carbonyl (C=O) groups excluding carboxylic acids is 1. The maximum Gasteiger partial charge on any atom is 0.417 e. The first-order valence-corrected chi connectivity index (χ1v) is 8.24. The molecule has 0 aliphatic heterocycles. The minimum atomic E-state index is -0.600. The van der Waals surface area contributed by atoms with Gasteiger partial charge < -0.3 is 9.47 Å². The van der Waals surface area contributed by atoms with Crippen LogP contribution in [0, 0.1) is 0 Å². The van der Waals surface area contributed by atoms with Crippen LogP contribution in [0.5, 0.6) is 17.2 Å². The van der Waals surface area contributed by atoms with Gasteiger partial charge in [-0.1, -0.05) is 24.3 Å². The van der Waals surface area contributed by atoms with E-state index >= 15 is 0 Å². The molecule has 0 saturated heterocycles. The minimum absolute atomic E-state index is 0.361. The Bertz CT molecular complexity index is 839. The fourth-order valence-electron chi connectivity index (χ4n) is 2.08. The van der Waals surface area contributed by atoms with Crippen LogP contribution in [0.25, 0.3) is 0 Å². The van der Waals surface area contributed by atoms with Crippen LogP contribution in [-0.4, -0.2) is 11.1 Å². The number of hydrogen-bond acceptors (Lipinski definition) is 5. The number of carbonyl (C=O) groups is 1. The number of pyridine rings is 1. The Balaban J connectivity index is 1.62. The van der Waals surface area contributed by atoms with E-state index in [1.807, 2.05) is 36.4 Å². The number of para-hydroxylation sites is 1. The summed E-state index contributed by atoms with van der Waals surface area (Å²) in [5.41, 5.74) is 1.38. The van der Waals surface area contributed by atoms with Crippen molar-refractivity contribution in [1.29, 1.82) is 0 Å². The first kappa shape index (κ1) is 16.9. The quantitative estimate of drug-likeness (QED) is 0.640. The lowest BCUT2D eigenvalue weighted by Gasteiger charge is -2.09. The molecule has 1 N–H and O–H groups in total. The highest BCUT2D eigenvalue weighted by Crippen LogP contribution is 2.24. The summed E-state index contributed by atoms with van der Waals surface area (Å²) in [5.74, 6) is 2.22. The third-order valence-electron chi connectivity index (χ3n) is 3.23. The third-order valence-corrected chi connectivity index (χ3v) is 3.55. The standard InChI is InChI=1S/C19H16N2O3S/c22-19(24-18-10-9-15(13-25)20-12-18)21-14-5-4-8-17(11-14)23-16-6-2-1-3-7-16/h1-12,25H,13H2,(H,21,22). The second kappa shape index (κ2) is 8.21. The summed E-state index contributed by atoms with van der Waals surface area (Å²) < 4.78 is 10.9. The molecule has 25 heavy (non-hydrogen) atoms. The van der Waals surface area contributed by atoms with E-state index in [0.717, 1.165) is 11.4 Å². The molecule has 0 spiro atoms. The van der Waals surface area contributed by atoms with E-state index in [1.54, 1.807) is 30.3 Å². The number of benzene rings is 2. The molecule has 0 unspecified atom stereocenters. The molecule has 2 aromatic carbocycles. The van der Waals surface area contributed by atoms with Gasteiger partial charge in [0.05, 0.1) is 11.9 Å². The van der Waals surface area contributed by atoms with Crippen LogP contribution in [0.3, 0.4) is 0 Å². The first-order valence-electron chi connectivity index (χ1n) is 7.60. The van der Waals surface area contributed by atoms with Crippen molar-refractivity contribution in [2.24, 2.45) is 0 Å². The van der Waals surface area contributed by atoms with Gasteiger partial charge in [-0.15, -0.1) is 0 Å². The maximum absolute atomic E-state index is 12.0. The van der Waals surface area contributed by atoms with Gasteiger partial charge in [-0.3, -0.25) is 10.3 Å². The van der Waals surface area contributed by atoms with E-state index in [1.165, 1.54) is 6.20 Å². The van der Waals surface area contributed by atoms with Gasteiger partial charge >= 0.3 is 6.09 Å². The zero-order valence-corrected chi connectivity index (χ0v) is 14.1. The summed E-state index contributed by atoms with van der Waals surface area (Å²) in [6.07, 6.45) is 0.886. The number of ether oxygens (including phenoxy) is 2. The number of anilines is 1. The molecular formula is C19H16N2O3S. The van der Waals surface area contributed by atoms with Crippen molar-refractivity contribution >= 4 is 24.4 Å². The molecule has 3 rings (SSSR count). The van der Waals surface area contributed by atoms with Crippen LogP contribution in [0.1, 0.15) is 5.69 Å². The summed E-state index contributed by atoms with van der Waals surface area (Å²) in [7, 11) is 0. The lowest BCUT2D eigenvalue weighted by Crippen LogP contribution is -2.16. The largest absolute Gasteiger partial charge is 0.457 e. The molecule has 0 fully saturated rings. The summed E-state index contributed by atoms with van der Waals surface area (Å²) in [6, 6.07) is 19.9. The molecule has 0 radical (unpaired) electrons. The van der Waals surface area contributed by atoms with E-state index in [-0.39, 0.29) is 0 Å². The Labute approximate surface area is 151 Å². The fourth-order valence-corrected chi connectivity index (χ4v) is 2.26. The second-order valence-electron chi connectivity index (χ2n) is 5.10. The van der Waals surface area contributed by atoms with E-state index in [2.05, 4.69) is 22.9 Å². The van der Waals surface area contributed by atoms with Crippen molar-refractivity contribution in [2.75, 3.05) is 5.32 Å². The number of nitrogens with zero attached hydrogens (tertiary/aromatic N) is 1. The molecule has 0 atom stereocenters. The maximum atomic E-state index is 12.0. The van der Waals surface area contributed by atoms with Crippen molar-refractivity contribution in [3.8, 4) is 17.2 Å². The molecule has 1 amide bonds. The molecule has 1 aromatic heterocycles. The van der Waals surface area contributed by atoms with E-state index < -0.39 is 6.09 Å². The lowest BCUT2D eigenvalue weighted by atomic mass is 10.3. The van der Waals surface area contributed by atoms with Crippen LogP contribution >= 0.6 is 12.6 Å². The van der Waals surface area contributed by atoms with Gasteiger partial charge in [0.15, 0.2) is 5.75 Å². The molecule has 0 bridgehead atoms. The molecule has 0 aliphatic rings. The third kappa shape index (κ3) is 4.99. The normalized spacial score (nSPS) is 10.1. The lowest BCUT2D eigenvalue weighted by molar-refractivity contribution is 0.215. The Morgan fingerprint density at radius 3 is 2.48 bits per heavy atom. The number of aromatic nitrogens is 1. The SMILES string of the molecule is O=C(Nc1cccc(Oc2ccccc2)c1)Oc1ccc(CS)nc1. The molecular weight excluding hydrogens is 336 g/mol. The first-order chi connectivity index (χ1) is 12.2. The van der Waals surface area contributed by atoms with Crippen LogP contribution < -0.4 is 14.8 Å². The molecule has 0 saturated carbocycles. The Kier molecular flexibility index (Phi) is 5.53. The van der Waals surface area contributed by atoms with Crippen molar-refractivity contribution in [2.45, 2.75) is 5.75 Å². The molecule has 126 valence electrons. The van der Waals surface area contributed by atoms with E-state index in [0.29, 0.717) is 22.9 Å². The smallest absolute Gasteiger partial charge is 0.417 e. The van der Waals surface area contributed by atoms with Gasteiger partial charge in [0, 0.05) is 17.5 Å². The van der Waals surface area contributed by atoms with Gasteiger partial charge in [-0.2, -0.15) is 12.6 Å². The second-order valence-corrected chi connectivity index (χ2v) is 5.42. The van der Waals surface area contributed by atoms with Crippen LogP contribution in [0.2, 0.25) is 0 Å². The van der Waals surface area contributed by atoms with Crippen LogP contribution in [0.4, 0.5) is 10.5 Å². The van der Waals surface area contributed by atoms with Gasteiger partial charge in [0.2, 0.25) is 0 Å². The van der Waals surface area contributed by atoms with Crippen LogP contribution in [-0.2, 0) is 5.75 Å². The number of nitrogens with one attached hydrogen (secondary N) is 1. The van der Waals surface area contributed by atoms with Gasteiger partial charge in [0.25, 0.3) is 0 Å². The van der Waals surface area contributed by atoms with Crippen molar-refractivity contribution < 1.29 is 14.3 Å². The molecule has 0 aliphatic carbocycles. The Morgan fingerprint density at radius 2 is 1.76 bits per heavy atom. The van der Waals surface area contributed by atoms with E-state index in [4.69, 9.17) is 9.47 Å². The highest BCUT2D eigenvalue weighted by atomic mass is 32.1. The van der Waals surface area contributed by atoms with Gasteiger partial charge in [0.1, 0.15) is 11.5 Å². The zero-order chi connectivity index (χ0) is 17.5. The summed E-state index contributed by atoms with van der Waals surface area (Å²) in [4.78, 5) is 16.1. The fraction of sp³-hybridized carbons (Fsp3) is 0.0526.